The van der Waals surface area contributed by atoms with E-state index in [1.54, 1.807) is 0 Å². The van der Waals surface area contributed by atoms with Gasteiger partial charge in [-0.2, -0.15) is 26.3 Å². The fourth-order valence-electron chi connectivity index (χ4n) is 7.32. The van der Waals surface area contributed by atoms with E-state index in [1.807, 2.05) is 0 Å². The summed E-state index contributed by atoms with van der Waals surface area (Å²) in [5.41, 5.74) is 2.70. The second-order valence-corrected chi connectivity index (χ2v) is 23.5. The molecule has 0 radical (unpaired) electrons. The fourth-order valence-corrected chi connectivity index (χ4v) is 10.2. The summed E-state index contributed by atoms with van der Waals surface area (Å²) in [5.74, 6) is -13.1. The fraction of sp³-hybridized carbons (Fsp3) is 0.273. The van der Waals surface area contributed by atoms with Gasteiger partial charge in [0.25, 0.3) is 35.4 Å². The molecule has 0 unspecified atom stereocenters. The Hall–Kier alpha value is -9.10. The van der Waals surface area contributed by atoms with Crippen LogP contribution in [0.2, 0.25) is 0 Å². The van der Waals surface area contributed by atoms with Crippen molar-refractivity contribution < 1.29 is 173 Å². The van der Waals surface area contributed by atoms with Crippen LogP contribution in [-0.4, -0.2) is 192 Å². The largest absolute Gasteiger partial charge is 1.00 e. The molecule has 48 heteroatoms. The third-order valence-corrected chi connectivity index (χ3v) is 15.3. The van der Waals surface area contributed by atoms with Crippen molar-refractivity contribution in [2.24, 2.45) is 10.3 Å². The van der Waals surface area contributed by atoms with Crippen molar-refractivity contribution in [3.8, 4) is 34.3 Å². The van der Waals surface area contributed by atoms with Crippen LogP contribution >= 0.6 is 22.7 Å². The Balaban J connectivity index is 0.000000327. The van der Waals surface area contributed by atoms with Crippen LogP contribution in [-0.2, 0) is 59.1 Å². The quantitative estimate of drug-likeness (QED) is 0.00750. The summed E-state index contributed by atoms with van der Waals surface area (Å²) in [6.45, 7) is 2.86. The number of nitrogens with one attached hydrogen (secondary N) is 4. The van der Waals surface area contributed by atoms with Crippen molar-refractivity contribution in [2.45, 2.75) is 63.1 Å². The molecule has 2 fully saturated rings. The van der Waals surface area contributed by atoms with Gasteiger partial charge in [0, 0.05) is 48.1 Å². The Morgan fingerprint density at radius 3 is 1.27 bits per heavy atom. The van der Waals surface area contributed by atoms with Crippen molar-refractivity contribution in [2.75, 3.05) is 24.6 Å². The number of hydrogen-bond acceptors (Lipinski definition) is 34. The number of nitrogens with zero attached hydrogens (tertiary/aromatic N) is 10. The van der Waals surface area contributed by atoms with Gasteiger partial charge in [-0.3, -0.25) is 47.5 Å². The van der Waals surface area contributed by atoms with Crippen molar-refractivity contribution >= 4 is 112 Å². The van der Waals surface area contributed by atoms with Gasteiger partial charge in [-0.1, -0.05) is 20.6 Å². The molecule has 2 saturated heterocycles. The number of aromatic nitrogens is 6. The molecule has 8 heterocycles. The molecule has 6 aromatic rings. The van der Waals surface area contributed by atoms with Crippen LogP contribution in [0.4, 0.5) is 10.3 Å². The number of nitrogens with two attached hydrogens (primary N) is 2. The van der Waals surface area contributed by atoms with Gasteiger partial charge in [0.2, 0.25) is 22.4 Å². The number of amides is 6. The van der Waals surface area contributed by atoms with Crippen molar-refractivity contribution in [1.29, 1.82) is 0 Å². The third kappa shape index (κ3) is 16.5. The Morgan fingerprint density at radius 1 is 0.641 bits per heavy atom. The van der Waals surface area contributed by atoms with Gasteiger partial charge in [0.05, 0.1) is 36.4 Å². The zero-order valence-corrected chi connectivity index (χ0v) is 54.7. The van der Waals surface area contributed by atoms with Crippen molar-refractivity contribution in [3.05, 3.63) is 90.8 Å². The number of thiazole rings is 2. The molecule has 0 aliphatic carbocycles. The number of anilines is 2. The number of β-lactam (4-membered cyclic amide) rings is 2. The van der Waals surface area contributed by atoms with Crippen molar-refractivity contribution in [1.82, 2.24) is 59.6 Å². The smallest absolute Gasteiger partial charge is 0.546 e. The normalized spacial score (nSPS) is 16.6. The second-order valence-electron chi connectivity index (χ2n) is 19.1. The molecule has 0 aromatic carbocycles. The van der Waals surface area contributed by atoms with E-state index in [2.05, 4.69) is 51.9 Å². The molecule has 6 amide bonds. The van der Waals surface area contributed by atoms with Gasteiger partial charge >= 0.3 is 79.7 Å². The van der Waals surface area contributed by atoms with E-state index in [1.165, 1.54) is 10.8 Å². The zero-order valence-electron chi connectivity index (χ0n) is 47.5. The number of carbonyl (C=O) groups is 8. The summed E-state index contributed by atoms with van der Waals surface area (Å²) in [5, 5.41) is 86.6. The van der Waals surface area contributed by atoms with E-state index in [4.69, 9.17) is 30.2 Å². The van der Waals surface area contributed by atoms with Crippen LogP contribution in [0.15, 0.2) is 76.4 Å². The third-order valence-electron chi connectivity index (χ3n) is 12.0. The number of carboxylic acid groups (broad SMARTS) is 2. The second kappa shape index (κ2) is 28.6. The zero-order chi connectivity index (χ0) is 66.9. The standard InChI is InChI=1S/2C22H22N8O13S2.2Na/c2*1-22(2,20(36)37)43-28-15(9-7-44-21(23)25-9)18(34)26-16-11(30(19(16)35)45(39,40)41)5-24-17(33)14-3-8(27-42-14)10-4-12(31)13(32)6-29(10)38;;/h2*3-4,6-7,11,16,32,38H,5H2,1-2H3,(H2,23,25)(H,24,33)(H,26,34)(H,36,37)(H,39,40,41);;/q;;2*+1/p-2/b2*28-15-;;/t2*11-,16+;;/m11../s1. The molecule has 14 N–H and O–H groups in total. The minimum atomic E-state index is -5.19. The number of carboxylic acids is 2. The first-order valence-electron chi connectivity index (χ1n) is 24.2. The number of rotatable bonds is 22. The maximum Gasteiger partial charge on any atom is 1.00 e. The molecule has 2 aliphatic rings. The summed E-state index contributed by atoms with van der Waals surface area (Å²) in [4.78, 5) is 141. The minimum Gasteiger partial charge on any atom is -0.546 e. The molecule has 92 heavy (non-hydrogen) atoms. The molecular formula is C44H42N16Na2O26S4. The first-order valence-corrected chi connectivity index (χ1v) is 28.8. The summed E-state index contributed by atoms with van der Waals surface area (Å²) >= 11 is 1.75. The number of pyridine rings is 2. The van der Waals surface area contributed by atoms with E-state index < -0.39 is 162 Å². The van der Waals surface area contributed by atoms with E-state index >= 15 is 0 Å². The Labute approximate surface area is 563 Å². The van der Waals surface area contributed by atoms with Gasteiger partial charge in [-0.15, -0.1) is 22.7 Å². The maximum absolute atomic E-state index is 13.1. The summed E-state index contributed by atoms with van der Waals surface area (Å²) in [6, 6.07) is -3.04. The number of hydrogen-bond donors (Lipinski definition) is 12. The molecule has 6 aromatic heterocycles. The Bertz CT molecular complexity index is 4080. The topological polar surface area (TPSA) is 644 Å². The summed E-state index contributed by atoms with van der Waals surface area (Å²) < 4.78 is 77.0. The first-order chi connectivity index (χ1) is 41.8. The summed E-state index contributed by atoms with van der Waals surface area (Å²) in [7, 11) is -10.4. The van der Waals surface area contributed by atoms with Crippen LogP contribution in [0, 0.1) is 0 Å². The predicted molar refractivity (Wildman–Crippen MR) is 289 cm³/mol. The minimum absolute atomic E-state index is 0. The van der Waals surface area contributed by atoms with Crippen molar-refractivity contribution in [3.63, 3.8) is 0 Å². The number of aliphatic carboxylic acids is 2. The van der Waals surface area contributed by atoms with Gasteiger partial charge in [-0.25, -0.2) is 18.6 Å². The van der Waals surface area contributed by atoms with E-state index in [0.717, 1.165) is 74.6 Å². The molecule has 0 spiro atoms. The van der Waals surface area contributed by atoms with Gasteiger partial charge in [-0.05, 0) is 27.7 Å². The van der Waals surface area contributed by atoms with Gasteiger partial charge in [0.15, 0.2) is 44.4 Å². The molecule has 4 atom stereocenters. The van der Waals surface area contributed by atoms with Crippen LogP contribution in [0.1, 0.15) is 60.2 Å². The Morgan fingerprint density at radius 2 is 0.978 bits per heavy atom. The SMILES string of the molecule is CC(C)(O/N=C(\C(=O)N[C@@H]1C(=O)N(S(=O)(=O)O)[C@@H]1CNC(=O)c1cc(-c2cc(=O)c(O)cn2O)no1)c1csc(N)n1)C(=O)[O-].CC(C)(O/N=C(\C(=O)N[C@@H]1C(=O)N(S(=O)(=O)O)[C@@H]1CNC(=O)c1cc(-c2cc(=O)c(O)cn2O)no1)c1csc(N)n1)C(=O)[O-].[Na+].[Na+]. The molecule has 2 aliphatic heterocycles. The average molecular weight is 1390 g/mol. The maximum atomic E-state index is 13.1. The average Bonchev–Trinajstić information content (AvgIpc) is 0.871. The molecule has 42 nitrogen and oxygen atoms in total. The van der Waals surface area contributed by atoms with E-state index in [-0.39, 0.29) is 112 Å². The van der Waals surface area contributed by atoms with Gasteiger partial charge < -0.3 is 91.9 Å². The molecular weight excluding hydrogens is 1340 g/mol. The van der Waals surface area contributed by atoms with E-state index in [9.17, 15) is 105 Å². The molecule has 480 valence electrons. The van der Waals surface area contributed by atoms with Crippen LogP contribution < -0.4 is 113 Å². The number of oxime groups is 2. The van der Waals surface area contributed by atoms with Crippen LogP contribution in [0.25, 0.3) is 22.8 Å². The monoisotopic (exact) mass is 1380 g/mol. The van der Waals surface area contributed by atoms with E-state index in [0.29, 0.717) is 21.9 Å². The predicted octanol–water partition coefficient (Wildman–Crippen LogP) is -12.7. The number of nitrogen functional groups attached to an aromatic ring is 2. The van der Waals surface area contributed by atoms with Crippen LogP contribution in [0.3, 0.4) is 0 Å². The molecule has 0 saturated carbocycles. The van der Waals surface area contributed by atoms with Crippen LogP contribution in [0.5, 0.6) is 11.5 Å². The number of carbonyl (C=O) groups excluding carboxylic acids is 8. The number of aromatic hydroxyl groups is 2. The first kappa shape index (κ1) is 73.6. The molecule has 8 rings (SSSR count). The van der Waals surface area contributed by atoms with Gasteiger partial charge in [0.1, 0.15) is 46.2 Å². The molecule has 0 bridgehead atoms. The Kier molecular flexibility index (Phi) is 22.9. The summed E-state index contributed by atoms with van der Waals surface area (Å²) in [6.07, 6.45) is 1.35.